The lowest BCUT2D eigenvalue weighted by Gasteiger charge is -2.48. The van der Waals surface area contributed by atoms with Gasteiger partial charge in [-0.3, -0.25) is 0 Å². The van der Waals surface area contributed by atoms with Crippen LogP contribution in [0.1, 0.15) is 33.9 Å². The Morgan fingerprint density at radius 1 is 0.690 bits per heavy atom. The van der Waals surface area contributed by atoms with Crippen molar-refractivity contribution in [2.24, 2.45) is 5.92 Å². The topological polar surface area (TPSA) is 71.1 Å². The lowest BCUT2D eigenvalue weighted by atomic mass is 9.83. The van der Waals surface area contributed by atoms with Gasteiger partial charge in [-0.2, -0.15) is 0 Å². The summed E-state index contributed by atoms with van der Waals surface area (Å²) in [6.07, 6.45) is -2.03. The van der Waals surface area contributed by atoms with Crippen molar-refractivity contribution in [1.29, 1.82) is 0 Å². The first-order valence-corrected chi connectivity index (χ1v) is 16.1. The third-order valence-corrected chi connectivity index (χ3v) is 10.1. The molecule has 2 aliphatic rings. The molecule has 7 heteroatoms. The van der Waals surface area contributed by atoms with Crippen molar-refractivity contribution in [2.45, 2.75) is 56.1 Å². The van der Waals surface area contributed by atoms with Crippen molar-refractivity contribution in [3.05, 3.63) is 137 Å². The Hall–Kier alpha value is -3.33. The Bertz CT molecular complexity index is 1560. The molecular formula is C35H36O6S. The largest absolute Gasteiger partial charge is 0.374 e. The lowest BCUT2D eigenvalue weighted by molar-refractivity contribution is -0.245. The molecule has 0 radical (unpaired) electrons. The van der Waals surface area contributed by atoms with E-state index in [4.69, 9.17) is 18.9 Å². The van der Waals surface area contributed by atoms with Crippen LogP contribution in [0.3, 0.4) is 0 Å². The number of sulfone groups is 1. The molecule has 6 nitrogen and oxygen atoms in total. The van der Waals surface area contributed by atoms with E-state index in [1.54, 1.807) is 0 Å². The van der Waals surface area contributed by atoms with Crippen LogP contribution in [0.2, 0.25) is 0 Å². The van der Waals surface area contributed by atoms with Gasteiger partial charge >= 0.3 is 0 Å². The zero-order valence-electron chi connectivity index (χ0n) is 23.7. The number of hydrogen-bond donors (Lipinski definition) is 0. The summed E-state index contributed by atoms with van der Waals surface area (Å²) in [6.45, 7) is 3.22. The van der Waals surface area contributed by atoms with E-state index < -0.39 is 40.2 Å². The molecule has 0 aliphatic carbocycles. The van der Waals surface area contributed by atoms with Crippen molar-refractivity contribution in [2.75, 3.05) is 12.4 Å². The van der Waals surface area contributed by atoms with Crippen molar-refractivity contribution in [3.8, 4) is 0 Å². The average molecular weight is 585 g/mol. The number of benzene rings is 4. The molecule has 0 saturated carbocycles. The predicted molar refractivity (Wildman–Crippen MR) is 160 cm³/mol. The van der Waals surface area contributed by atoms with Gasteiger partial charge in [-0.15, -0.1) is 0 Å². The van der Waals surface area contributed by atoms with E-state index in [0.29, 0.717) is 30.3 Å². The molecule has 0 unspecified atom stereocenters. The first-order valence-electron chi connectivity index (χ1n) is 14.4. The number of rotatable bonds is 10. The fraction of sp³-hybridized carbons (Fsp3) is 0.314. The van der Waals surface area contributed by atoms with E-state index in [1.165, 1.54) is 0 Å². The third kappa shape index (κ3) is 6.36. The number of ether oxygens (including phenoxy) is 4. The molecule has 2 heterocycles. The van der Waals surface area contributed by atoms with Crippen LogP contribution < -0.4 is 0 Å². The lowest BCUT2D eigenvalue weighted by Crippen LogP contribution is -2.57. The van der Waals surface area contributed by atoms with Gasteiger partial charge in [0.05, 0.1) is 49.3 Å². The maximum atomic E-state index is 13.7. The molecule has 0 spiro atoms. The van der Waals surface area contributed by atoms with E-state index in [1.807, 2.05) is 116 Å². The minimum absolute atomic E-state index is 0.0717. The molecule has 5 atom stereocenters. The second-order valence-electron chi connectivity index (χ2n) is 11.1. The number of fused-ring (bicyclic) bond motifs is 3. The first-order chi connectivity index (χ1) is 20.5. The fourth-order valence-electron chi connectivity index (χ4n) is 6.10. The Labute approximate surface area is 248 Å². The molecule has 2 aliphatic heterocycles. The van der Waals surface area contributed by atoms with Crippen LogP contribution in [0, 0.1) is 12.8 Å². The van der Waals surface area contributed by atoms with Crippen LogP contribution in [0.25, 0.3) is 0 Å². The van der Waals surface area contributed by atoms with Crippen LogP contribution in [-0.4, -0.2) is 39.1 Å². The first kappa shape index (κ1) is 28.8. The van der Waals surface area contributed by atoms with Crippen LogP contribution in [0.5, 0.6) is 0 Å². The second kappa shape index (κ2) is 12.9. The summed E-state index contributed by atoms with van der Waals surface area (Å²) < 4.78 is 53.6. The number of aryl methyl sites for hydroxylation is 1. The van der Waals surface area contributed by atoms with Crippen molar-refractivity contribution in [3.63, 3.8) is 0 Å². The molecule has 1 fully saturated rings. The van der Waals surface area contributed by atoms with Crippen molar-refractivity contribution >= 4 is 9.84 Å². The summed E-state index contributed by atoms with van der Waals surface area (Å²) in [5.74, 6) is -0.517. The molecule has 0 bridgehead atoms. The van der Waals surface area contributed by atoms with Crippen LogP contribution in [0.4, 0.5) is 0 Å². The molecule has 0 aromatic heterocycles. The summed E-state index contributed by atoms with van der Waals surface area (Å²) in [4.78, 5) is 0.376. The molecule has 42 heavy (non-hydrogen) atoms. The zero-order chi connectivity index (χ0) is 28.9. The van der Waals surface area contributed by atoms with E-state index in [0.717, 1.165) is 22.3 Å². The molecule has 218 valence electrons. The fourth-order valence-corrected chi connectivity index (χ4v) is 8.24. The highest BCUT2D eigenvalue weighted by Gasteiger charge is 2.53. The second-order valence-corrected chi connectivity index (χ2v) is 13.0. The van der Waals surface area contributed by atoms with Gasteiger partial charge in [-0.25, -0.2) is 8.42 Å². The summed E-state index contributed by atoms with van der Waals surface area (Å²) in [6, 6.07) is 35.5. The molecule has 6 rings (SSSR count). The van der Waals surface area contributed by atoms with Gasteiger partial charge in [-0.1, -0.05) is 109 Å². The SMILES string of the molecule is Cc1cccc2c1S(=O)(=O)C[C@@H]1[C@@H](OCc3ccccc3)[C@H](OCc3ccccc3)[C@@H](COCc3ccccc3)O[C@@H]21. The molecule has 0 N–H and O–H groups in total. The Morgan fingerprint density at radius 3 is 1.83 bits per heavy atom. The normalized spacial score (nSPS) is 24.5. The Kier molecular flexibility index (Phi) is 8.84. The van der Waals surface area contributed by atoms with Crippen LogP contribution >= 0.6 is 0 Å². The van der Waals surface area contributed by atoms with Gasteiger partial charge in [0.15, 0.2) is 9.84 Å². The number of hydrogen-bond acceptors (Lipinski definition) is 6. The van der Waals surface area contributed by atoms with Crippen LogP contribution in [-0.2, 0) is 48.6 Å². The summed E-state index contributed by atoms with van der Waals surface area (Å²) in [5, 5.41) is 0. The molecular weight excluding hydrogens is 548 g/mol. The van der Waals surface area contributed by atoms with Crippen LogP contribution in [0.15, 0.2) is 114 Å². The minimum atomic E-state index is -3.57. The molecule has 1 saturated heterocycles. The van der Waals surface area contributed by atoms with Gasteiger partial charge in [0.2, 0.25) is 0 Å². The molecule has 0 amide bonds. The standard InChI is InChI=1S/C35H36O6S/c1-25-12-11-19-29-32-30(24-42(36,37)35(25)29)33(39-21-27-15-7-3-8-16-27)34(40-22-28-17-9-4-10-18-28)31(41-32)23-38-20-26-13-5-2-6-14-26/h2-19,30-34H,20-24H2,1H3/t30-,31+,32-,33+,34+/m0/s1. The average Bonchev–Trinajstić information content (AvgIpc) is 3.01. The van der Waals surface area contributed by atoms with E-state index in [-0.39, 0.29) is 12.4 Å². The highest BCUT2D eigenvalue weighted by Crippen LogP contribution is 2.47. The van der Waals surface area contributed by atoms with Gasteiger partial charge in [0.25, 0.3) is 0 Å². The maximum absolute atomic E-state index is 13.7. The minimum Gasteiger partial charge on any atom is -0.374 e. The molecule has 4 aromatic carbocycles. The quantitative estimate of drug-likeness (QED) is 0.220. The zero-order valence-corrected chi connectivity index (χ0v) is 24.5. The highest BCUT2D eigenvalue weighted by molar-refractivity contribution is 7.91. The predicted octanol–water partition coefficient (Wildman–Crippen LogP) is 6.23. The Morgan fingerprint density at radius 2 is 1.24 bits per heavy atom. The Balaban J connectivity index is 1.34. The summed E-state index contributed by atoms with van der Waals surface area (Å²) >= 11 is 0. The van der Waals surface area contributed by atoms with Crippen molar-refractivity contribution in [1.82, 2.24) is 0 Å². The van der Waals surface area contributed by atoms with E-state index in [9.17, 15) is 8.42 Å². The highest BCUT2D eigenvalue weighted by atomic mass is 32.2. The maximum Gasteiger partial charge on any atom is 0.179 e. The van der Waals surface area contributed by atoms with Crippen molar-refractivity contribution < 1.29 is 27.4 Å². The summed E-state index contributed by atoms with van der Waals surface area (Å²) in [7, 11) is -3.57. The monoisotopic (exact) mass is 584 g/mol. The van der Waals surface area contributed by atoms with E-state index in [2.05, 4.69) is 0 Å². The third-order valence-electron chi connectivity index (χ3n) is 8.06. The van der Waals surface area contributed by atoms with Gasteiger partial charge in [-0.05, 0) is 29.2 Å². The molecule has 4 aromatic rings. The van der Waals surface area contributed by atoms with Gasteiger partial charge in [0, 0.05) is 11.5 Å². The van der Waals surface area contributed by atoms with Gasteiger partial charge < -0.3 is 18.9 Å². The summed E-state index contributed by atoms with van der Waals surface area (Å²) in [5.41, 5.74) is 4.51. The van der Waals surface area contributed by atoms with E-state index >= 15 is 0 Å². The smallest absolute Gasteiger partial charge is 0.179 e. The van der Waals surface area contributed by atoms with Gasteiger partial charge in [0.1, 0.15) is 12.2 Å².